The summed E-state index contributed by atoms with van der Waals surface area (Å²) in [6, 6.07) is 12.0. The van der Waals surface area contributed by atoms with Gasteiger partial charge in [-0.2, -0.15) is 0 Å². The first-order valence-electron chi connectivity index (χ1n) is 14.4. The lowest BCUT2D eigenvalue weighted by atomic mass is 9.57. The highest BCUT2D eigenvalue weighted by Crippen LogP contribution is 2.61. The molecule has 1 amide bonds. The normalized spacial score (nSPS) is 32.5. The lowest BCUT2D eigenvalue weighted by Crippen LogP contribution is -2.63. The van der Waals surface area contributed by atoms with Crippen LogP contribution in [0.3, 0.4) is 0 Å². The number of anilines is 1. The number of carbonyl (C=O) groups is 1. The minimum absolute atomic E-state index is 0.00382. The summed E-state index contributed by atoms with van der Waals surface area (Å²) in [5.41, 5.74) is 1.14. The minimum atomic E-state index is -0.913. The van der Waals surface area contributed by atoms with Gasteiger partial charge in [0.2, 0.25) is 12.7 Å². The summed E-state index contributed by atoms with van der Waals surface area (Å²) in [5.74, 6) is 2.24. The monoisotopic (exact) mass is 519 g/mol. The maximum Gasteiger partial charge on any atom is 0.239 e. The molecule has 202 valence electrons. The summed E-state index contributed by atoms with van der Waals surface area (Å²) in [5, 5.41) is 3.23. The van der Waals surface area contributed by atoms with Crippen molar-refractivity contribution in [1.29, 1.82) is 0 Å². The highest BCUT2D eigenvalue weighted by atomic mass is 16.7. The molecule has 7 heteroatoms. The van der Waals surface area contributed by atoms with Crippen LogP contribution in [0, 0.1) is 11.8 Å². The van der Waals surface area contributed by atoms with E-state index >= 15 is 0 Å². The van der Waals surface area contributed by atoms with E-state index in [2.05, 4.69) is 25.2 Å². The predicted octanol–water partition coefficient (Wildman–Crippen LogP) is 5.59. The number of ether oxygens (including phenoxy) is 5. The fraction of sp³-hybridized carbons (Fsp3) is 0.581. The Morgan fingerprint density at radius 3 is 2.18 bits per heavy atom. The fourth-order valence-electron chi connectivity index (χ4n) is 8.22. The maximum absolute atomic E-state index is 14.3. The molecule has 2 aromatic carbocycles. The molecule has 7 rings (SSSR count). The van der Waals surface area contributed by atoms with Crippen molar-refractivity contribution in [3.8, 4) is 17.2 Å². The number of hydrogen-bond acceptors (Lipinski definition) is 6. The quantitative estimate of drug-likeness (QED) is 0.537. The molecule has 5 atom stereocenters. The van der Waals surface area contributed by atoms with Gasteiger partial charge in [0.05, 0.1) is 12.2 Å². The van der Waals surface area contributed by atoms with Gasteiger partial charge in [-0.25, -0.2) is 0 Å². The second kappa shape index (κ2) is 9.16. The Kier molecular flexibility index (Phi) is 5.85. The molecule has 2 aromatic rings. The molecular weight excluding hydrogens is 482 g/mol. The van der Waals surface area contributed by atoms with Crippen LogP contribution in [-0.2, 0) is 19.7 Å². The Hall–Kier alpha value is -2.77. The lowest BCUT2D eigenvalue weighted by molar-refractivity contribution is -0.154. The molecule has 2 fully saturated rings. The van der Waals surface area contributed by atoms with Crippen LogP contribution in [0.4, 0.5) is 5.69 Å². The first-order chi connectivity index (χ1) is 18.6. The van der Waals surface area contributed by atoms with Gasteiger partial charge < -0.3 is 29.0 Å². The van der Waals surface area contributed by atoms with Crippen LogP contribution in [0.2, 0.25) is 0 Å². The first-order valence-corrected chi connectivity index (χ1v) is 14.4. The molecule has 5 heterocycles. The molecule has 5 aliphatic heterocycles. The van der Waals surface area contributed by atoms with Crippen molar-refractivity contribution in [2.75, 3.05) is 25.3 Å². The van der Waals surface area contributed by atoms with Gasteiger partial charge in [0.25, 0.3) is 0 Å². The zero-order valence-corrected chi connectivity index (χ0v) is 22.3. The third kappa shape index (κ3) is 3.37. The van der Waals surface area contributed by atoms with E-state index in [0.717, 1.165) is 68.6 Å². The number of carbonyl (C=O) groups excluding carboxylic acids is 1. The average molecular weight is 520 g/mol. The van der Waals surface area contributed by atoms with Crippen molar-refractivity contribution in [2.45, 2.75) is 82.0 Å². The lowest BCUT2D eigenvalue weighted by Gasteiger charge is -2.55. The zero-order chi connectivity index (χ0) is 25.9. The van der Waals surface area contributed by atoms with Crippen LogP contribution in [0.15, 0.2) is 36.4 Å². The summed E-state index contributed by atoms with van der Waals surface area (Å²) in [7, 11) is 0. The molecule has 0 aromatic heterocycles. The van der Waals surface area contributed by atoms with E-state index in [0.29, 0.717) is 23.7 Å². The van der Waals surface area contributed by atoms with Crippen molar-refractivity contribution in [2.24, 2.45) is 11.8 Å². The van der Waals surface area contributed by atoms with Crippen LogP contribution >= 0.6 is 0 Å². The van der Waals surface area contributed by atoms with E-state index in [1.807, 2.05) is 30.3 Å². The van der Waals surface area contributed by atoms with Gasteiger partial charge in [0, 0.05) is 48.8 Å². The number of para-hydroxylation sites is 1. The van der Waals surface area contributed by atoms with Crippen LogP contribution in [0.5, 0.6) is 17.2 Å². The Morgan fingerprint density at radius 2 is 1.55 bits per heavy atom. The molecule has 7 nitrogen and oxygen atoms in total. The Bertz CT molecular complexity index is 1210. The van der Waals surface area contributed by atoms with Gasteiger partial charge >= 0.3 is 0 Å². The van der Waals surface area contributed by atoms with E-state index in [4.69, 9.17) is 23.7 Å². The van der Waals surface area contributed by atoms with Crippen LogP contribution < -0.4 is 19.5 Å². The highest BCUT2D eigenvalue weighted by Gasteiger charge is 2.64. The van der Waals surface area contributed by atoms with Crippen LogP contribution in [0.1, 0.15) is 69.9 Å². The molecule has 5 unspecified atom stereocenters. The van der Waals surface area contributed by atoms with E-state index < -0.39 is 11.0 Å². The SMILES string of the molecule is CCC(C1CCCO1)C1(C(CC)C2CCCO2)CC2(C(=O)Nc3ccccc32)c2cc3c(cc2O1)OCO3. The molecule has 0 radical (unpaired) electrons. The maximum atomic E-state index is 14.3. The van der Waals surface area contributed by atoms with E-state index in [-0.39, 0.29) is 36.7 Å². The van der Waals surface area contributed by atoms with Gasteiger partial charge in [-0.15, -0.1) is 0 Å². The molecule has 5 aliphatic rings. The largest absolute Gasteiger partial charge is 0.486 e. The van der Waals surface area contributed by atoms with Crippen molar-refractivity contribution >= 4 is 11.6 Å². The summed E-state index contributed by atoms with van der Waals surface area (Å²) in [6.45, 7) is 6.20. The van der Waals surface area contributed by atoms with Gasteiger partial charge in [-0.05, 0) is 56.2 Å². The number of amides is 1. The zero-order valence-electron chi connectivity index (χ0n) is 22.3. The smallest absolute Gasteiger partial charge is 0.239 e. The minimum Gasteiger partial charge on any atom is -0.486 e. The van der Waals surface area contributed by atoms with E-state index in [1.165, 1.54) is 0 Å². The van der Waals surface area contributed by atoms with Crippen molar-refractivity contribution < 1.29 is 28.5 Å². The van der Waals surface area contributed by atoms with Crippen molar-refractivity contribution in [1.82, 2.24) is 0 Å². The summed E-state index contributed by atoms with van der Waals surface area (Å²) < 4.78 is 31.7. The average Bonchev–Trinajstić information content (AvgIpc) is 3.74. The van der Waals surface area contributed by atoms with E-state index in [1.54, 1.807) is 0 Å². The van der Waals surface area contributed by atoms with Crippen molar-refractivity contribution in [3.05, 3.63) is 47.5 Å². The molecule has 1 spiro atoms. The Balaban J connectivity index is 1.49. The van der Waals surface area contributed by atoms with Gasteiger partial charge in [-0.1, -0.05) is 32.0 Å². The first kappa shape index (κ1) is 24.3. The Morgan fingerprint density at radius 1 is 0.895 bits per heavy atom. The summed E-state index contributed by atoms with van der Waals surface area (Å²) in [6.07, 6.45) is 6.62. The van der Waals surface area contributed by atoms with Crippen LogP contribution in [0.25, 0.3) is 0 Å². The highest BCUT2D eigenvalue weighted by molar-refractivity contribution is 6.09. The second-order valence-electron chi connectivity index (χ2n) is 11.5. The van der Waals surface area contributed by atoms with Gasteiger partial charge in [-0.3, -0.25) is 4.79 Å². The molecule has 0 bridgehead atoms. The fourth-order valence-corrected chi connectivity index (χ4v) is 8.22. The molecule has 0 saturated carbocycles. The predicted molar refractivity (Wildman–Crippen MR) is 142 cm³/mol. The molecule has 38 heavy (non-hydrogen) atoms. The Labute approximate surface area is 224 Å². The van der Waals surface area contributed by atoms with Crippen LogP contribution in [-0.4, -0.2) is 43.7 Å². The number of rotatable bonds is 6. The third-order valence-electron chi connectivity index (χ3n) is 9.76. The molecule has 0 aliphatic carbocycles. The number of hydrogen-bond donors (Lipinski definition) is 1. The number of nitrogens with one attached hydrogen (secondary N) is 1. The summed E-state index contributed by atoms with van der Waals surface area (Å²) >= 11 is 0. The number of fused-ring (bicyclic) bond motifs is 5. The number of benzene rings is 2. The van der Waals surface area contributed by atoms with Gasteiger partial charge in [0.15, 0.2) is 11.5 Å². The second-order valence-corrected chi connectivity index (χ2v) is 11.5. The van der Waals surface area contributed by atoms with E-state index in [9.17, 15) is 4.79 Å². The topological polar surface area (TPSA) is 75.3 Å². The summed E-state index contributed by atoms with van der Waals surface area (Å²) in [4.78, 5) is 14.3. The molecular formula is C31H37NO6. The van der Waals surface area contributed by atoms with Crippen molar-refractivity contribution in [3.63, 3.8) is 0 Å². The molecule has 1 N–H and O–H groups in total. The van der Waals surface area contributed by atoms with Gasteiger partial charge in [0.1, 0.15) is 16.8 Å². The molecule has 2 saturated heterocycles. The standard InChI is InChI=1S/C31H37NO6/c1-3-19(24-11-7-13-34-24)31(20(4-2)25-12-8-14-35-25)17-30(21-9-5-6-10-23(21)32-29(30)33)22-15-27-28(37-18-36-27)16-26(22)38-31/h5-6,9-10,15-16,19-20,24-25H,3-4,7-8,11-14,17-18H2,1-2H3,(H,32,33). The third-order valence-corrected chi connectivity index (χ3v) is 9.76.